The molecule has 1 fully saturated rings. The summed E-state index contributed by atoms with van der Waals surface area (Å²) in [5, 5.41) is 0. The lowest BCUT2D eigenvalue weighted by Gasteiger charge is -2.33. The maximum atomic E-state index is 11.8. The van der Waals surface area contributed by atoms with Gasteiger partial charge in [-0.25, -0.2) is 4.79 Å². The number of esters is 2. The Morgan fingerprint density at radius 1 is 1.25 bits per heavy atom. The van der Waals surface area contributed by atoms with E-state index in [-0.39, 0.29) is 5.97 Å². The molecular weight excluding hydrogens is 208 g/mol. The van der Waals surface area contributed by atoms with Gasteiger partial charge in [0.25, 0.3) is 0 Å². The van der Waals surface area contributed by atoms with E-state index in [0.717, 1.165) is 31.3 Å². The summed E-state index contributed by atoms with van der Waals surface area (Å²) in [5.41, 5.74) is 0.152. The second-order valence-corrected chi connectivity index (χ2v) is 4.22. The molecule has 16 heavy (non-hydrogen) atoms. The molecule has 0 N–H and O–H groups in total. The van der Waals surface area contributed by atoms with Gasteiger partial charge in [-0.3, -0.25) is 4.79 Å². The summed E-state index contributed by atoms with van der Waals surface area (Å²) in [7, 11) is 2.70. The predicted molar refractivity (Wildman–Crippen MR) is 58.7 cm³/mol. The zero-order valence-electron chi connectivity index (χ0n) is 10.0. The van der Waals surface area contributed by atoms with E-state index in [2.05, 4.69) is 4.74 Å². The largest absolute Gasteiger partial charge is 0.468 e. The lowest BCUT2D eigenvalue weighted by Crippen LogP contribution is -2.34. The van der Waals surface area contributed by atoms with E-state index in [1.54, 1.807) is 0 Å². The van der Waals surface area contributed by atoms with E-state index >= 15 is 0 Å². The molecule has 1 aliphatic rings. The second kappa shape index (κ2) is 5.14. The third-order valence-electron chi connectivity index (χ3n) is 3.21. The highest BCUT2D eigenvalue weighted by atomic mass is 16.5. The van der Waals surface area contributed by atoms with Gasteiger partial charge in [-0.05, 0) is 31.8 Å². The van der Waals surface area contributed by atoms with E-state index in [1.165, 1.54) is 20.3 Å². The average molecular weight is 226 g/mol. The first-order chi connectivity index (χ1) is 7.54. The van der Waals surface area contributed by atoms with Crippen LogP contribution in [0.1, 0.15) is 32.6 Å². The molecule has 4 nitrogen and oxygen atoms in total. The van der Waals surface area contributed by atoms with Crippen LogP contribution in [0.4, 0.5) is 0 Å². The maximum Gasteiger partial charge on any atom is 0.330 e. The van der Waals surface area contributed by atoms with Gasteiger partial charge in [0, 0.05) is 6.08 Å². The minimum absolute atomic E-state index is 0.276. The Morgan fingerprint density at radius 3 is 2.50 bits per heavy atom. The van der Waals surface area contributed by atoms with Crippen molar-refractivity contribution in [1.29, 1.82) is 0 Å². The summed E-state index contributed by atoms with van der Waals surface area (Å²) in [6.07, 6.45) is 4.87. The molecule has 0 aromatic rings. The van der Waals surface area contributed by atoms with E-state index in [9.17, 15) is 9.59 Å². The number of hydrogen-bond donors (Lipinski definition) is 0. The molecule has 0 aliphatic heterocycles. The van der Waals surface area contributed by atoms with Gasteiger partial charge >= 0.3 is 11.9 Å². The van der Waals surface area contributed by atoms with Gasteiger partial charge in [0.1, 0.15) is 0 Å². The lowest BCUT2D eigenvalue weighted by molar-refractivity contribution is -0.150. The van der Waals surface area contributed by atoms with E-state index in [0.29, 0.717) is 0 Å². The van der Waals surface area contributed by atoms with Crippen LogP contribution in [0.15, 0.2) is 11.6 Å². The normalized spacial score (nSPS) is 27.6. The van der Waals surface area contributed by atoms with E-state index < -0.39 is 11.4 Å². The molecule has 1 atom stereocenters. The SMILES string of the molecule is COC(=O)C=C1CCCCC1(C)C(=O)OC. The molecule has 4 heteroatoms. The fraction of sp³-hybridized carbons (Fsp3) is 0.667. The summed E-state index contributed by atoms with van der Waals surface area (Å²) in [6, 6.07) is 0. The van der Waals surface area contributed by atoms with Gasteiger partial charge in [0.15, 0.2) is 0 Å². The molecule has 1 aliphatic carbocycles. The summed E-state index contributed by atoms with van der Waals surface area (Å²) in [4.78, 5) is 23.0. The number of rotatable bonds is 2. The van der Waals surface area contributed by atoms with Crippen molar-refractivity contribution < 1.29 is 19.1 Å². The predicted octanol–water partition coefficient (Wildman–Crippen LogP) is 1.84. The molecule has 0 amide bonds. The van der Waals surface area contributed by atoms with E-state index in [4.69, 9.17) is 4.74 Å². The van der Waals surface area contributed by atoms with Crippen molar-refractivity contribution in [3.63, 3.8) is 0 Å². The van der Waals surface area contributed by atoms with Crippen LogP contribution in [0.3, 0.4) is 0 Å². The second-order valence-electron chi connectivity index (χ2n) is 4.22. The summed E-state index contributed by atoms with van der Waals surface area (Å²) in [6.45, 7) is 1.83. The Morgan fingerprint density at radius 2 is 1.94 bits per heavy atom. The van der Waals surface area contributed by atoms with Gasteiger partial charge in [-0.2, -0.15) is 0 Å². The first-order valence-electron chi connectivity index (χ1n) is 5.42. The van der Waals surface area contributed by atoms with Gasteiger partial charge in [0.2, 0.25) is 0 Å². The minimum Gasteiger partial charge on any atom is -0.468 e. The van der Waals surface area contributed by atoms with Crippen molar-refractivity contribution in [3.05, 3.63) is 11.6 Å². The molecule has 0 saturated heterocycles. The van der Waals surface area contributed by atoms with Crippen molar-refractivity contribution >= 4 is 11.9 Å². The van der Waals surface area contributed by atoms with Crippen LogP contribution in [0, 0.1) is 5.41 Å². The van der Waals surface area contributed by atoms with Crippen molar-refractivity contribution in [3.8, 4) is 0 Å². The lowest BCUT2D eigenvalue weighted by atomic mass is 9.71. The summed E-state index contributed by atoms with van der Waals surface area (Å²) >= 11 is 0. The van der Waals surface area contributed by atoms with Gasteiger partial charge in [-0.15, -0.1) is 0 Å². The highest BCUT2D eigenvalue weighted by Crippen LogP contribution is 2.41. The molecule has 1 saturated carbocycles. The Bertz CT molecular complexity index is 319. The fourth-order valence-corrected chi connectivity index (χ4v) is 2.12. The molecule has 1 rings (SSSR count). The number of carbonyl (C=O) groups excluding carboxylic acids is 2. The summed E-state index contributed by atoms with van der Waals surface area (Å²) in [5.74, 6) is -0.686. The fourth-order valence-electron chi connectivity index (χ4n) is 2.12. The Balaban J connectivity index is 2.99. The zero-order chi connectivity index (χ0) is 12.2. The maximum absolute atomic E-state index is 11.8. The van der Waals surface area contributed by atoms with Crippen LogP contribution in [0.5, 0.6) is 0 Å². The molecule has 1 unspecified atom stereocenters. The van der Waals surface area contributed by atoms with Crippen molar-refractivity contribution in [2.45, 2.75) is 32.6 Å². The molecule has 0 spiro atoms. The molecule has 0 aromatic heterocycles. The van der Waals surface area contributed by atoms with Crippen molar-refractivity contribution in [2.75, 3.05) is 14.2 Å². The number of carbonyl (C=O) groups is 2. The van der Waals surface area contributed by atoms with Crippen LogP contribution >= 0.6 is 0 Å². The highest BCUT2D eigenvalue weighted by Gasteiger charge is 2.40. The van der Waals surface area contributed by atoms with Crippen LogP contribution in [0.2, 0.25) is 0 Å². The Hall–Kier alpha value is -1.32. The van der Waals surface area contributed by atoms with Crippen molar-refractivity contribution in [2.24, 2.45) is 5.41 Å². The summed E-state index contributed by atoms with van der Waals surface area (Å²) < 4.78 is 9.40. The highest BCUT2D eigenvalue weighted by molar-refractivity contribution is 5.87. The van der Waals surface area contributed by atoms with Gasteiger partial charge < -0.3 is 9.47 Å². The topological polar surface area (TPSA) is 52.6 Å². The standard InChI is InChI=1S/C12H18O4/c1-12(11(14)16-3)7-5-4-6-9(12)8-10(13)15-2/h8H,4-7H2,1-3H3. The molecule has 0 bridgehead atoms. The smallest absolute Gasteiger partial charge is 0.330 e. The van der Waals surface area contributed by atoms with Crippen LogP contribution in [0.25, 0.3) is 0 Å². The van der Waals surface area contributed by atoms with Crippen LogP contribution in [-0.2, 0) is 19.1 Å². The molecule has 0 heterocycles. The Labute approximate surface area is 95.6 Å². The first kappa shape index (κ1) is 12.7. The average Bonchev–Trinajstić information content (AvgIpc) is 2.30. The van der Waals surface area contributed by atoms with Crippen molar-refractivity contribution in [1.82, 2.24) is 0 Å². The minimum atomic E-state index is -0.665. The quantitative estimate of drug-likeness (QED) is 0.532. The van der Waals surface area contributed by atoms with E-state index in [1.807, 2.05) is 6.92 Å². The van der Waals surface area contributed by atoms with Gasteiger partial charge in [0.05, 0.1) is 19.6 Å². The number of ether oxygens (including phenoxy) is 2. The monoisotopic (exact) mass is 226 g/mol. The molecule has 90 valence electrons. The third kappa shape index (κ3) is 2.43. The number of hydrogen-bond acceptors (Lipinski definition) is 4. The van der Waals surface area contributed by atoms with Crippen LogP contribution in [-0.4, -0.2) is 26.2 Å². The van der Waals surface area contributed by atoms with Gasteiger partial charge in [-0.1, -0.05) is 6.42 Å². The Kier molecular flexibility index (Phi) is 4.10. The van der Waals surface area contributed by atoms with Crippen LogP contribution < -0.4 is 0 Å². The molecule has 0 radical (unpaired) electrons. The molecular formula is C12H18O4. The number of methoxy groups -OCH3 is 2. The zero-order valence-corrected chi connectivity index (χ0v) is 10.0. The third-order valence-corrected chi connectivity index (χ3v) is 3.21. The molecule has 0 aromatic carbocycles. The first-order valence-corrected chi connectivity index (χ1v) is 5.42.